The molecule has 11 amide bonds. The number of nitrogens with one attached hydrogen (secondary N) is 8. The predicted molar refractivity (Wildman–Crippen MR) is 344 cm³/mol. The van der Waals surface area contributed by atoms with Crippen LogP contribution in [0.25, 0.3) is 10.9 Å². The summed E-state index contributed by atoms with van der Waals surface area (Å²) in [6.45, 7) is 7.85. The van der Waals surface area contributed by atoms with Gasteiger partial charge in [0.15, 0.2) is 27.2 Å². The lowest BCUT2D eigenvalue weighted by molar-refractivity contribution is -0.145. The number of nitrogens with zero attached hydrogens (tertiary/aromatic N) is 2. The lowest BCUT2D eigenvalue weighted by atomic mass is 9.85. The molecule has 5 heterocycles. The summed E-state index contributed by atoms with van der Waals surface area (Å²) >= 11 is 0. The van der Waals surface area contributed by atoms with Gasteiger partial charge >= 0.3 is 0 Å². The maximum Gasteiger partial charge on any atom is 0.243 e. The van der Waals surface area contributed by atoms with E-state index in [4.69, 9.17) is 10.5 Å². The van der Waals surface area contributed by atoms with Crippen molar-refractivity contribution in [1.82, 2.24) is 46.7 Å². The number of aromatic amines is 1. The zero-order valence-electron chi connectivity index (χ0n) is 55.1. The number of sulfone groups is 1. The second-order valence-electron chi connectivity index (χ2n) is 26.1. The molecule has 3 aromatic rings. The molecular formula is C65H87N11O20S. The number of anilines is 1. The molecule has 0 radical (unpaired) electrons. The van der Waals surface area contributed by atoms with Crippen LogP contribution in [0.4, 0.5) is 5.69 Å². The van der Waals surface area contributed by atoms with Crippen LogP contribution in [0.3, 0.4) is 0 Å². The topological polar surface area (TPSA) is 476 Å². The largest absolute Gasteiger partial charge is 0.489 e. The second kappa shape index (κ2) is 32.8. The fraction of sp³-hybridized carbons (Fsp3) is 0.569. The first-order valence-corrected chi connectivity index (χ1v) is 34.0. The van der Waals surface area contributed by atoms with Gasteiger partial charge in [-0.15, -0.1) is 0 Å². The monoisotopic (exact) mass is 1370 g/mol. The third kappa shape index (κ3) is 19.2. The highest BCUT2D eigenvalue weighted by Gasteiger charge is 2.46. The molecule has 528 valence electrons. The van der Waals surface area contributed by atoms with Crippen LogP contribution in [0.15, 0.2) is 47.5 Å². The van der Waals surface area contributed by atoms with E-state index in [1.807, 2.05) is 0 Å². The number of carbonyl (C=O) groups excluding carboxylic acids is 14. The number of H-pyrrole nitrogens is 1. The van der Waals surface area contributed by atoms with E-state index in [1.54, 1.807) is 65.8 Å². The Morgan fingerprint density at radius 2 is 1.47 bits per heavy atom. The molecule has 0 spiro atoms. The van der Waals surface area contributed by atoms with E-state index in [2.05, 4.69) is 42.2 Å². The Morgan fingerprint density at radius 1 is 0.804 bits per heavy atom. The van der Waals surface area contributed by atoms with Crippen molar-refractivity contribution in [3.05, 3.63) is 53.6 Å². The Kier molecular flexibility index (Phi) is 25.5. The summed E-state index contributed by atoms with van der Waals surface area (Å²) in [6, 6.07) is 3.01. The normalized spacial score (nSPS) is 24.9. The number of likely N-dealkylation sites (tertiary alicyclic amines) is 1. The van der Waals surface area contributed by atoms with Crippen molar-refractivity contribution in [1.29, 1.82) is 0 Å². The Hall–Kier alpha value is -9.01. The molecular weight excluding hydrogens is 1290 g/mol. The fourth-order valence-electron chi connectivity index (χ4n) is 12.3. The van der Waals surface area contributed by atoms with Crippen molar-refractivity contribution in [3.8, 4) is 5.75 Å². The molecule has 0 aliphatic carbocycles. The standard InChI is InChI=1S/C65H87N11O20S/c1-8-32(4)57-62(91)68-25-53(85)70-45-30-97(94,95)63-43(19-37(60(89)67-26-54(86)73-57)20-49(81)58(35(7)50(82)28-77)74-61(90)46-23-40(78)27-76(46)65(93)38(21-47(45)79)22-51(66)83)42-14-13-41(24-44(42)71-63)96-29-36-9-11-39(12-10-36)69-59(88)33(5)17-48(80)56(31(2)3)72-52(84)15-16-75-55(87)18-34(6)64(75)92/h9-14,24,31-35,37-38,40,45-46,50,56-58,71,77-78,82H,8,15-23,25-30H2,1-7H3,(H2,66,83)(H,67,89)(H,68,91)(H,69,88)(H,70,85)(H,72,84)(H,73,86)(H,74,90)/t32-,33+,34?,35-,37+,38-,40?,45-,46-,50-,56-,57-,58-/m0/s1. The van der Waals surface area contributed by atoms with E-state index in [-0.39, 0.29) is 72.4 Å². The third-order valence-corrected chi connectivity index (χ3v) is 19.9. The van der Waals surface area contributed by atoms with Crippen molar-refractivity contribution in [2.45, 2.75) is 160 Å². The number of Topliss-reactive ketones (excluding diaryl/α,β-unsaturated/α-hetero) is 3. The zero-order chi connectivity index (χ0) is 71.5. The smallest absolute Gasteiger partial charge is 0.243 e. The van der Waals surface area contributed by atoms with Crippen LogP contribution in [0.5, 0.6) is 5.75 Å². The first-order chi connectivity index (χ1) is 45.7. The summed E-state index contributed by atoms with van der Waals surface area (Å²) in [6.07, 6.45) is -6.98. The number of fused-ring (bicyclic) bond motifs is 5. The van der Waals surface area contributed by atoms with Gasteiger partial charge in [0.05, 0.1) is 61.2 Å². The number of nitrogens with two attached hydrogens (primary N) is 1. The molecule has 2 aromatic carbocycles. The predicted octanol–water partition coefficient (Wildman–Crippen LogP) is -1.74. The Bertz CT molecular complexity index is 3670. The number of ether oxygens (including phenoxy) is 1. The van der Waals surface area contributed by atoms with Gasteiger partial charge in [-0.1, -0.05) is 67.0 Å². The van der Waals surface area contributed by atoms with E-state index < -0.39 is 227 Å². The quantitative estimate of drug-likeness (QED) is 0.0559. The minimum Gasteiger partial charge on any atom is -0.489 e. The summed E-state index contributed by atoms with van der Waals surface area (Å²) in [5.74, 6) is -19.6. The lowest BCUT2D eigenvalue weighted by Crippen LogP contribution is -2.56. The number of carbonyl (C=O) groups is 14. The highest BCUT2D eigenvalue weighted by Crippen LogP contribution is 2.35. The van der Waals surface area contributed by atoms with Gasteiger partial charge in [0.1, 0.15) is 35.5 Å². The first kappa shape index (κ1) is 75.4. The highest BCUT2D eigenvalue weighted by atomic mass is 32.2. The van der Waals surface area contributed by atoms with Crippen LogP contribution in [0.1, 0.15) is 111 Å². The molecule has 2 fully saturated rings. The summed E-state index contributed by atoms with van der Waals surface area (Å²) in [4.78, 5) is 196. The molecule has 97 heavy (non-hydrogen) atoms. The number of hydrogen-bond donors (Lipinski definition) is 12. The molecule has 1 aromatic heterocycles. The zero-order valence-corrected chi connectivity index (χ0v) is 55.9. The number of ketones is 3. The lowest BCUT2D eigenvalue weighted by Gasteiger charge is -2.32. The molecule has 4 aliphatic heterocycles. The number of amides is 11. The van der Waals surface area contributed by atoms with Gasteiger partial charge in [-0.2, -0.15) is 0 Å². The summed E-state index contributed by atoms with van der Waals surface area (Å²) in [5.41, 5.74) is 6.41. The average Bonchev–Trinajstić information content (AvgIpc) is 1.62. The van der Waals surface area contributed by atoms with Crippen molar-refractivity contribution in [3.63, 3.8) is 0 Å². The molecule has 32 heteroatoms. The number of aliphatic hydroxyl groups excluding tert-OH is 3. The average molecular weight is 1370 g/mol. The Labute approximate surface area is 559 Å². The molecule has 2 unspecified atom stereocenters. The molecule has 13 N–H and O–H groups in total. The van der Waals surface area contributed by atoms with Crippen molar-refractivity contribution in [2.75, 3.05) is 43.9 Å². The molecule has 2 bridgehead atoms. The molecule has 13 atom stereocenters. The van der Waals surface area contributed by atoms with Gasteiger partial charge in [0, 0.05) is 98.8 Å². The number of primary amides is 1. The van der Waals surface area contributed by atoms with E-state index in [0.29, 0.717) is 17.7 Å². The SMILES string of the molecule is CC[C@H](C)[C@@H]1NC(=O)CNC(=O)[C@H]2CC(=O)[C@H]([C@@H](C)[C@@H](O)CO)NC(=O)[C@@H]3CC(O)CN3C(=O)[C@H](CC(N)=O)CC(=O)[C@H](CS(=O)(=O)c3[nH]c4cc(OCc5ccc(NC(=O)[C@H](C)CC(=O)[C@@H](NC(=O)CCN6C(=O)CC(C)C6=O)C(C)C)cc5)ccc4c3C2)NC(=O)CNC1=O. The van der Waals surface area contributed by atoms with Crippen molar-refractivity contribution < 1.29 is 95.6 Å². The van der Waals surface area contributed by atoms with E-state index in [9.17, 15) is 82.4 Å². The van der Waals surface area contributed by atoms with Crippen LogP contribution in [-0.2, 0) is 90.0 Å². The number of aliphatic hydroxyl groups is 3. The van der Waals surface area contributed by atoms with Gasteiger partial charge in [-0.05, 0) is 53.6 Å². The van der Waals surface area contributed by atoms with Crippen LogP contribution < -0.4 is 47.7 Å². The van der Waals surface area contributed by atoms with Crippen LogP contribution in [0, 0.1) is 41.4 Å². The first-order valence-electron chi connectivity index (χ1n) is 32.3. The van der Waals surface area contributed by atoms with Crippen LogP contribution >= 0.6 is 0 Å². The molecule has 4 aliphatic rings. The maximum absolute atomic E-state index is 15.3. The number of hydrogen-bond acceptors (Lipinski definition) is 20. The van der Waals surface area contributed by atoms with Gasteiger partial charge in [0.25, 0.3) is 0 Å². The number of benzene rings is 2. The maximum atomic E-state index is 15.3. The van der Waals surface area contributed by atoms with Gasteiger partial charge in [-0.3, -0.25) is 72.0 Å². The third-order valence-electron chi connectivity index (χ3n) is 18.2. The van der Waals surface area contributed by atoms with E-state index in [1.165, 1.54) is 25.1 Å². The number of aromatic nitrogens is 1. The Morgan fingerprint density at radius 3 is 2.10 bits per heavy atom. The van der Waals surface area contributed by atoms with Gasteiger partial charge in [-0.25, -0.2) is 8.42 Å². The second-order valence-corrected chi connectivity index (χ2v) is 28.1. The molecule has 2 saturated heterocycles. The number of imide groups is 1. The van der Waals surface area contributed by atoms with Gasteiger partial charge < -0.3 is 72.9 Å². The van der Waals surface area contributed by atoms with Crippen LogP contribution in [0.2, 0.25) is 0 Å². The number of rotatable bonds is 20. The molecule has 0 saturated carbocycles. The van der Waals surface area contributed by atoms with E-state index >= 15 is 8.42 Å². The molecule has 7 rings (SSSR count). The van der Waals surface area contributed by atoms with Crippen molar-refractivity contribution in [2.24, 2.45) is 47.2 Å². The van der Waals surface area contributed by atoms with Gasteiger partial charge in [0.2, 0.25) is 65.0 Å². The molecule has 31 nitrogen and oxygen atoms in total. The van der Waals surface area contributed by atoms with E-state index in [0.717, 1.165) is 9.80 Å². The minimum absolute atomic E-state index is 0.0495. The summed E-state index contributed by atoms with van der Waals surface area (Å²) < 4.78 is 36.8. The minimum atomic E-state index is -4.99. The highest BCUT2D eigenvalue weighted by molar-refractivity contribution is 7.91. The summed E-state index contributed by atoms with van der Waals surface area (Å²) in [7, 11) is -4.99. The fourth-order valence-corrected chi connectivity index (χ4v) is 14.0. The summed E-state index contributed by atoms with van der Waals surface area (Å²) in [5, 5.41) is 49.2. The Balaban J connectivity index is 1.21. The van der Waals surface area contributed by atoms with Crippen molar-refractivity contribution >= 4 is 109 Å². The van der Waals surface area contributed by atoms with Crippen LogP contribution in [-0.4, -0.2) is 202 Å².